The highest BCUT2D eigenvalue weighted by molar-refractivity contribution is 5.91. The van der Waals surface area contributed by atoms with Crippen LogP contribution < -0.4 is 10.6 Å². The number of amides is 2. The Labute approximate surface area is 144 Å². The molecule has 0 spiro atoms. The van der Waals surface area contributed by atoms with Crippen LogP contribution in [0.15, 0.2) is 16.5 Å². The summed E-state index contributed by atoms with van der Waals surface area (Å²) >= 11 is 0. The molecular formula is C18H29N5O. The summed E-state index contributed by atoms with van der Waals surface area (Å²) in [5.74, 6) is 3.10. The Hall–Kier alpha value is -1.72. The number of fused-ring (bicyclic) bond motifs is 2. The van der Waals surface area contributed by atoms with Gasteiger partial charge in [-0.3, -0.25) is 9.80 Å². The zero-order valence-electron chi connectivity index (χ0n) is 15.0. The van der Waals surface area contributed by atoms with E-state index >= 15 is 0 Å². The second-order valence-electron chi connectivity index (χ2n) is 7.84. The molecule has 1 unspecified atom stereocenters. The number of amidine groups is 1. The molecule has 0 bridgehead atoms. The van der Waals surface area contributed by atoms with Crippen molar-refractivity contribution in [2.45, 2.75) is 65.1 Å². The molecule has 0 radical (unpaired) electrons. The van der Waals surface area contributed by atoms with Crippen molar-refractivity contribution in [1.29, 1.82) is 0 Å². The third-order valence-electron chi connectivity index (χ3n) is 5.79. The third-order valence-corrected chi connectivity index (χ3v) is 5.79. The number of aliphatic imine (C=N–C) groups is 1. The third kappa shape index (κ3) is 2.38. The van der Waals surface area contributed by atoms with Crippen molar-refractivity contribution in [3.05, 3.63) is 11.5 Å². The SMILES string of the molecule is CCCN1C(=O)N2C[C@H](C(C)C)NC2=C2NC(C3CCCC3)=NC21. The molecular weight excluding hydrogens is 302 g/mol. The molecule has 24 heavy (non-hydrogen) atoms. The van der Waals surface area contributed by atoms with Gasteiger partial charge in [0.1, 0.15) is 17.4 Å². The van der Waals surface area contributed by atoms with Crippen molar-refractivity contribution in [2.75, 3.05) is 13.1 Å². The fourth-order valence-electron chi connectivity index (χ4n) is 4.32. The standard InChI is InChI=1S/C18H29N5O/c1-4-9-22-17-14(20-15(21-17)12-7-5-6-8-12)16-19-13(11(2)3)10-23(16)18(22)24/h11-13,17,19H,4-10H2,1-3H3,(H,20,21)/t13-,17?/m1/s1. The van der Waals surface area contributed by atoms with Crippen LogP contribution in [-0.4, -0.2) is 47.0 Å². The van der Waals surface area contributed by atoms with Gasteiger partial charge >= 0.3 is 6.03 Å². The Kier molecular flexibility index (Phi) is 3.93. The van der Waals surface area contributed by atoms with Gasteiger partial charge in [-0.1, -0.05) is 33.6 Å². The van der Waals surface area contributed by atoms with Crippen LogP contribution in [0, 0.1) is 11.8 Å². The van der Waals surface area contributed by atoms with Crippen molar-refractivity contribution in [2.24, 2.45) is 16.8 Å². The molecule has 0 aromatic carbocycles. The molecule has 2 atom stereocenters. The first-order valence-electron chi connectivity index (χ1n) is 9.53. The number of hydrogen-bond acceptors (Lipinski definition) is 4. The molecule has 0 aromatic heterocycles. The van der Waals surface area contributed by atoms with Crippen LogP contribution in [0.3, 0.4) is 0 Å². The highest BCUT2D eigenvalue weighted by Gasteiger charge is 2.47. The molecule has 1 saturated heterocycles. The number of carbonyl (C=O) groups is 1. The first-order chi connectivity index (χ1) is 11.6. The van der Waals surface area contributed by atoms with E-state index in [2.05, 4.69) is 31.4 Å². The molecule has 3 heterocycles. The van der Waals surface area contributed by atoms with Gasteiger partial charge in [-0.2, -0.15) is 0 Å². The predicted molar refractivity (Wildman–Crippen MR) is 94.2 cm³/mol. The fraction of sp³-hybridized carbons (Fsp3) is 0.778. The summed E-state index contributed by atoms with van der Waals surface area (Å²) < 4.78 is 0. The number of rotatable bonds is 4. The monoisotopic (exact) mass is 331 g/mol. The van der Waals surface area contributed by atoms with Crippen LogP contribution in [0.25, 0.3) is 0 Å². The van der Waals surface area contributed by atoms with Crippen molar-refractivity contribution >= 4 is 11.9 Å². The highest BCUT2D eigenvalue weighted by Crippen LogP contribution is 2.35. The fourth-order valence-corrected chi connectivity index (χ4v) is 4.32. The second-order valence-corrected chi connectivity index (χ2v) is 7.84. The number of nitrogens with zero attached hydrogens (tertiary/aromatic N) is 3. The average molecular weight is 331 g/mol. The molecule has 2 amide bonds. The average Bonchev–Trinajstić information content (AvgIpc) is 3.28. The normalized spacial score (nSPS) is 29.8. The predicted octanol–water partition coefficient (Wildman–Crippen LogP) is 2.45. The molecule has 6 heteroatoms. The van der Waals surface area contributed by atoms with Crippen molar-refractivity contribution in [1.82, 2.24) is 20.4 Å². The number of urea groups is 1. The first kappa shape index (κ1) is 15.8. The van der Waals surface area contributed by atoms with E-state index in [9.17, 15) is 4.79 Å². The minimum absolute atomic E-state index is 0.106. The molecule has 1 saturated carbocycles. The highest BCUT2D eigenvalue weighted by atomic mass is 16.2. The van der Waals surface area contributed by atoms with Gasteiger partial charge in [-0.15, -0.1) is 0 Å². The van der Waals surface area contributed by atoms with Gasteiger partial charge in [-0.25, -0.2) is 9.79 Å². The lowest BCUT2D eigenvalue weighted by molar-refractivity contribution is 0.146. The van der Waals surface area contributed by atoms with Crippen molar-refractivity contribution in [3.8, 4) is 0 Å². The van der Waals surface area contributed by atoms with Crippen LogP contribution in [0.1, 0.15) is 52.9 Å². The van der Waals surface area contributed by atoms with Crippen LogP contribution in [-0.2, 0) is 0 Å². The maximum Gasteiger partial charge on any atom is 0.327 e. The van der Waals surface area contributed by atoms with Gasteiger partial charge in [0.25, 0.3) is 0 Å². The second kappa shape index (κ2) is 5.97. The summed E-state index contributed by atoms with van der Waals surface area (Å²) in [6.45, 7) is 8.04. The van der Waals surface area contributed by atoms with Crippen LogP contribution >= 0.6 is 0 Å². The summed E-state index contributed by atoms with van der Waals surface area (Å²) in [4.78, 5) is 21.8. The van der Waals surface area contributed by atoms with E-state index in [1.165, 1.54) is 25.7 Å². The number of carbonyl (C=O) groups excluding carboxylic acids is 1. The molecule has 4 aliphatic rings. The zero-order chi connectivity index (χ0) is 16.8. The molecule has 6 nitrogen and oxygen atoms in total. The lowest BCUT2D eigenvalue weighted by atomic mass is 10.1. The largest absolute Gasteiger partial charge is 0.365 e. The van der Waals surface area contributed by atoms with Gasteiger partial charge in [0.15, 0.2) is 6.17 Å². The molecule has 4 rings (SSSR count). The number of nitrogens with one attached hydrogen (secondary N) is 2. The molecule has 1 aliphatic carbocycles. The summed E-state index contributed by atoms with van der Waals surface area (Å²) in [7, 11) is 0. The van der Waals surface area contributed by atoms with Crippen LogP contribution in [0.4, 0.5) is 4.79 Å². The minimum atomic E-state index is -0.155. The lowest BCUT2D eigenvalue weighted by Crippen LogP contribution is -2.53. The topological polar surface area (TPSA) is 60.0 Å². The maximum absolute atomic E-state index is 13.0. The van der Waals surface area contributed by atoms with Gasteiger partial charge in [0.2, 0.25) is 0 Å². The lowest BCUT2D eigenvalue weighted by Gasteiger charge is -2.36. The van der Waals surface area contributed by atoms with E-state index < -0.39 is 0 Å². The molecule has 0 aromatic rings. The van der Waals surface area contributed by atoms with Crippen LogP contribution in [0.5, 0.6) is 0 Å². The van der Waals surface area contributed by atoms with Gasteiger partial charge in [0, 0.05) is 25.0 Å². The van der Waals surface area contributed by atoms with E-state index in [1.807, 2.05) is 9.80 Å². The summed E-state index contributed by atoms with van der Waals surface area (Å²) in [6.07, 6.45) is 5.81. The maximum atomic E-state index is 13.0. The van der Waals surface area contributed by atoms with Gasteiger partial charge < -0.3 is 10.6 Å². The van der Waals surface area contributed by atoms with E-state index in [1.54, 1.807) is 0 Å². The molecule has 132 valence electrons. The minimum Gasteiger partial charge on any atom is -0.365 e. The zero-order valence-corrected chi connectivity index (χ0v) is 15.0. The molecule has 2 fully saturated rings. The van der Waals surface area contributed by atoms with Crippen molar-refractivity contribution < 1.29 is 4.79 Å². The molecule has 3 aliphatic heterocycles. The summed E-state index contributed by atoms with van der Waals surface area (Å²) in [6, 6.07) is 0.422. The van der Waals surface area contributed by atoms with E-state index in [0.29, 0.717) is 17.9 Å². The van der Waals surface area contributed by atoms with E-state index in [4.69, 9.17) is 4.99 Å². The van der Waals surface area contributed by atoms with Gasteiger partial charge in [0.05, 0.1) is 0 Å². The molecule has 2 N–H and O–H groups in total. The summed E-state index contributed by atoms with van der Waals surface area (Å²) in [5.41, 5.74) is 1.09. The van der Waals surface area contributed by atoms with E-state index in [-0.39, 0.29) is 12.2 Å². The quantitative estimate of drug-likeness (QED) is 0.832. The smallest absolute Gasteiger partial charge is 0.327 e. The number of hydrogen-bond donors (Lipinski definition) is 2. The summed E-state index contributed by atoms with van der Waals surface area (Å²) in [5, 5.41) is 7.20. The van der Waals surface area contributed by atoms with Crippen molar-refractivity contribution in [3.63, 3.8) is 0 Å². The Morgan fingerprint density at radius 3 is 2.71 bits per heavy atom. The Bertz CT molecular complexity index is 590. The Morgan fingerprint density at radius 1 is 1.29 bits per heavy atom. The Balaban J connectivity index is 1.68. The Morgan fingerprint density at radius 2 is 2.04 bits per heavy atom. The van der Waals surface area contributed by atoms with Crippen LogP contribution in [0.2, 0.25) is 0 Å². The van der Waals surface area contributed by atoms with Gasteiger partial charge in [-0.05, 0) is 25.2 Å². The first-order valence-corrected chi connectivity index (χ1v) is 9.53. The van der Waals surface area contributed by atoms with E-state index in [0.717, 1.165) is 36.9 Å².